The fraction of sp³-hybridized carbons (Fsp3) is 0.611. The molecule has 3 rings (SSSR count). The average molecular weight is 318 g/mol. The third-order valence-corrected chi connectivity index (χ3v) is 5.27. The van der Waals surface area contributed by atoms with E-state index in [0.29, 0.717) is 26.2 Å². The molecule has 0 bridgehead atoms. The standard InChI is InChI=1S/C18H23FN2O2/c1-18(22)6-8-23-12-15(18)17-3-2-7-21(17)11-13-4-5-14(10-20)16(19)9-13/h4-5,9,15,17,22H,2-3,6-8,11-12H2,1H3/t15-,17-,18+/m1/s1. The molecule has 2 heterocycles. The van der Waals surface area contributed by atoms with E-state index >= 15 is 0 Å². The van der Waals surface area contributed by atoms with Gasteiger partial charge in [-0.05, 0) is 50.4 Å². The first-order chi connectivity index (χ1) is 11.0. The van der Waals surface area contributed by atoms with Gasteiger partial charge in [0, 0.05) is 25.1 Å². The predicted octanol–water partition coefficient (Wildman–Crippen LogP) is 2.45. The van der Waals surface area contributed by atoms with E-state index < -0.39 is 11.4 Å². The lowest BCUT2D eigenvalue weighted by Gasteiger charge is -2.43. The van der Waals surface area contributed by atoms with Gasteiger partial charge in [0.05, 0.1) is 17.8 Å². The highest BCUT2D eigenvalue weighted by Gasteiger charge is 2.43. The Balaban J connectivity index is 1.74. The first kappa shape index (κ1) is 16.4. The zero-order chi connectivity index (χ0) is 16.4. The lowest BCUT2D eigenvalue weighted by molar-refractivity contribution is -0.123. The summed E-state index contributed by atoms with van der Waals surface area (Å²) in [6.07, 6.45) is 2.77. The van der Waals surface area contributed by atoms with Crippen LogP contribution in [-0.2, 0) is 11.3 Å². The number of hydrogen-bond donors (Lipinski definition) is 1. The van der Waals surface area contributed by atoms with Gasteiger partial charge in [-0.1, -0.05) is 6.07 Å². The van der Waals surface area contributed by atoms with Gasteiger partial charge in [0.25, 0.3) is 0 Å². The van der Waals surface area contributed by atoms with Crippen LogP contribution in [0.4, 0.5) is 4.39 Å². The van der Waals surface area contributed by atoms with Crippen LogP contribution in [0.1, 0.15) is 37.3 Å². The quantitative estimate of drug-likeness (QED) is 0.930. The summed E-state index contributed by atoms with van der Waals surface area (Å²) >= 11 is 0. The lowest BCUT2D eigenvalue weighted by Crippen LogP contribution is -2.52. The first-order valence-corrected chi connectivity index (χ1v) is 8.24. The minimum atomic E-state index is -0.707. The van der Waals surface area contributed by atoms with E-state index in [1.165, 1.54) is 12.1 Å². The largest absolute Gasteiger partial charge is 0.390 e. The smallest absolute Gasteiger partial charge is 0.141 e. The molecule has 2 fully saturated rings. The number of benzene rings is 1. The molecule has 2 aliphatic heterocycles. The van der Waals surface area contributed by atoms with Crippen LogP contribution in [0.25, 0.3) is 0 Å². The molecule has 2 saturated heterocycles. The third-order valence-electron chi connectivity index (χ3n) is 5.27. The molecule has 3 atom stereocenters. The fourth-order valence-corrected chi connectivity index (χ4v) is 3.87. The van der Waals surface area contributed by atoms with Crippen molar-refractivity contribution in [3.63, 3.8) is 0 Å². The van der Waals surface area contributed by atoms with Gasteiger partial charge in [-0.3, -0.25) is 4.90 Å². The van der Waals surface area contributed by atoms with E-state index in [0.717, 1.165) is 24.9 Å². The summed E-state index contributed by atoms with van der Waals surface area (Å²) in [6, 6.07) is 6.90. The highest BCUT2D eigenvalue weighted by Crippen LogP contribution is 2.36. The summed E-state index contributed by atoms with van der Waals surface area (Å²) in [7, 11) is 0. The second-order valence-electron chi connectivity index (χ2n) is 6.89. The minimum absolute atomic E-state index is 0.0790. The van der Waals surface area contributed by atoms with Gasteiger partial charge < -0.3 is 9.84 Å². The number of rotatable bonds is 3. The monoisotopic (exact) mass is 318 g/mol. The molecule has 0 saturated carbocycles. The number of hydrogen-bond acceptors (Lipinski definition) is 4. The van der Waals surface area contributed by atoms with E-state index in [2.05, 4.69) is 4.90 Å². The Labute approximate surface area is 136 Å². The molecule has 0 unspecified atom stereocenters. The number of likely N-dealkylation sites (tertiary alicyclic amines) is 1. The van der Waals surface area contributed by atoms with Crippen molar-refractivity contribution >= 4 is 0 Å². The second kappa shape index (κ2) is 6.56. The van der Waals surface area contributed by atoms with Crippen LogP contribution in [0.2, 0.25) is 0 Å². The van der Waals surface area contributed by atoms with Crippen molar-refractivity contribution in [1.82, 2.24) is 4.90 Å². The Kier molecular flexibility index (Phi) is 4.67. The van der Waals surface area contributed by atoms with E-state index in [-0.39, 0.29) is 17.5 Å². The first-order valence-electron chi connectivity index (χ1n) is 8.24. The van der Waals surface area contributed by atoms with E-state index in [4.69, 9.17) is 10.00 Å². The van der Waals surface area contributed by atoms with Crippen LogP contribution in [0, 0.1) is 23.1 Å². The molecule has 0 aliphatic carbocycles. The van der Waals surface area contributed by atoms with Crippen molar-refractivity contribution in [3.05, 3.63) is 35.1 Å². The van der Waals surface area contributed by atoms with Crippen LogP contribution >= 0.6 is 0 Å². The molecule has 5 heteroatoms. The van der Waals surface area contributed by atoms with Gasteiger partial charge in [0.1, 0.15) is 11.9 Å². The highest BCUT2D eigenvalue weighted by atomic mass is 19.1. The number of ether oxygens (including phenoxy) is 1. The molecule has 1 aromatic rings. The molecule has 124 valence electrons. The van der Waals surface area contributed by atoms with Crippen molar-refractivity contribution in [3.8, 4) is 6.07 Å². The summed E-state index contributed by atoms with van der Waals surface area (Å²) in [5.74, 6) is -0.379. The Morgan fingerprint density at radius 2 is 2.35 bits per heavy atom. The zero-order valence-electron chi connectivity index (χ0n) is 13.5. The number of nitrogens with zero attached hydrogens (tertiary/aromatic N) is 2. The van der Waals surface area contributed by atoms with Crippen LogP contribution in [-0.4, -0.2) is 41.4 Å². The highest BCUT2D eigenvalue weighted by molar-refractivity contribution is 5.33. The molecule has 4 nitrogen and oxygen atoms in total. The van der Waals surface area contributed by atoms with Crippen molar-refractivity contribution in [2.45, 2.75) is 44.4 Å². The summed E-state index contributed by atoms with van der Waals surface area (Å²) in [4.78, 5) is 2.31. The van der Waals surface area contributed by atoms with Gasteiger partial charge in [0.15, 0.2) is 0 Å². The van der Waals surface area contributed by atoms with Gasteiger partial charge >= 0.3 is 0 Å². The molecule has 0 radical (unpaired) electrons. The average Bonchev–Trinajstić information content (AvgIpc) is 2.95. The van der Waals surface area contributed by atoms with Crippen molar-refractivity contribution in [2.24, 2.45) is 5.92 Å². The number of nitriles is 1. The summed E-state index contributed by atoms with van der Waals surface area (Å²) in [5, 5.41) is 19.5. The topological polar surface area (TPSA) is 56.5 Å². The van der Waals surface area contributed by atoms with Crippen LogP contribution < -0.4 is 0 Å². The summed E-state index contributed by atoms with van der Waals surface area (Å²) in [6.45, 7) is 4.67. The van der Waals surface area contributed by atoms with E-state index in [1.54, 1.807) is 0 Å². The number of halogens is 1. The molecule has 0 spiro atoms. The Bertz CT molecular complexity index is 612. The Hall–Kier alpha value is -1.48. The minimum Gasteiger partial charge on any atom is -0.390 e. The molecule has 23 heavy (non-hydrogen) atoms. The third kappa shape index (κ3) is 3.40. The second-order valence-corrected chi connectivity index (χ2v) is 6.89. The molecule has 1 aromatic carbocycles. The van der Waals surface area contributed by atoms with Gasteiger partial charge in [-0.2, -0.15) is 5.26 Å². The van der Waals surface area contributed by atoms with Crippen LogP contribution in [0.3, 0.4) is 0 Å². The van der Waals surface area contributed by atoms with Crippen LogP contribution in [0.5, 0.6) is 0 Å². The number of aliphatic hydroxyl groups is 1. The van der Waals surface area contributed by atoms with Gasteiger partial charge in [0.2, 0.25) is 0 Å². The van der Waals surface area contributed by atoms with Crippen molar-refractivity contribution < 1.29 is 14.2 Å². The Morgan fingerprint density at radius 1 is 1.52 bits per heavy atom. The Morgan fingerprint density at radius 3 is 3.04 bits per heavy atom. The molecule has 0 amide bonds. The predicted molar refractivity (Wildman–Crippen MR) is 84.1 cm³/mol. The van der Waals surface area contributed by atoms with E-state index in [1.807, 2.05) is 19.1 Å². The summed E-state index contributed by atoms with van der Waals surface area (Å²) < 4.78 is 19.4. The zero-order valence-corrected chi connectivity index (χ0v) is 13.5. The normalized spacial score (nSPS) is 31.9. The van der Waals surface area contributed by atoms with E-state index in [9.17, 15) is 9.50 Å². The maximum atomic E-state index is 13.8. The molecule has 2 aliphatic rings. The van der Waals surface area contributed by atoms with Gasteiger partial charge in [-0.25, -0.2) is 4.39 Å². The van der Waals surface area contributed by atoms with Gasteiger partial charge in [-0.15, -0.1) is 0 Å². The SMILES string of the molecule is C[C@]1(O)CCOC[C@@H]1[C@H]1CCCN1Cc1ccc(C#N)c(F)c1. The van der Waals surface area contributed by atoms with Crippen LogP contribution in [0.15, 0.2) is 18.2 Å². The lowest BCUT2D eigenvalue weighted by atomic mass is 9.79. The molecular formula is C18H23FN2O2. The molecule has 1 N–H and O–H groups in total. The maximum absolute atomic E-state index is 13.8. The summed E-state index contributed by atoms with van der Waals surface area (Å²) in [5.41, 5.74) is 0.238. The molecular weight excluding hydrogens is 295 g/mol. The molecule has 0 aromatic heterocycles. The van der Waals surface area contributed by atoms with Crippen molar-refractivity contribution in [1.29, 1.82) is 5.26 Å². The fourth-order valence-electron chi connectivity index (χ4n) is 3.87. The van der Waals surface area contributed by atoms with Crippen molar-refractivity contribution in [2.75, 3.05) is 19.8 Å². The maximum Gasteiger partial charge on any atom is 0.141 e.